The van der Waals surface area contributed by atoms with Gasteiger partial charge < -0.3 is 15.1 Å². The normalized spacial score (nSPS) is 20.2. The van der Waals surface area contributed by atoms with Gasteiger partial charge in [-0.3, -0.25) is 9.19 Å². The molecule has 4 heterocycles. The number of piperazine rings is 1. The highest BCUT2D eigenvalue weighted by Crippen LogP contribution is 2.25. The summed E-state index contributed by atoms with van der Waals surface area (Å²) in [7, 11) is -0.700. The third kappa shape index (κ3) is 3.00. The second kappa shape index (κ2) is 6.37. The van der Waals surface area contributed by atoms with Gasteiger partial charge in [-0.25, -0.2) is 4.98 Å². The summed E-state index contributed by atoms with van der Waals surface area (Å²) < 4.78 is 11.6. The molecule has 2 aromatic rings. The number of hydrogen-bond donors (Lipinski definition) is 1. The van der Waals surface area contributed by atoms with Gasteiger partial charge in [0.2, 0.25) is 5.95 Å². The molecule has 23 heavy (non-hydrogen) atoms. The van der Waals surface area contributed by atoms with Crippen LogP contribution in [-0.2, 0) is 10.8 Å². The SMILES string of the molecule is O=S1CCN(c2nc(N3CCNCC3)c3ncccc3n2)CC1. The number of nitrogens with one attached hydrogen (secondary N) is 1. The maximum Gasteiger partial charge on any atom is 0.228 e. The summed E-state index contributed by atoms with van der Waals surface area (Å²) in [6, 6.07) is 3.90. The molecule has 2 aromatic heterocycles. The molecule has 1 N–H and O–H groups in total. The molecule has 2 saturated heterocycles. The third-order valence-electron chi connectivity index (χ3n) is 4.30. The van der Waals surface area contributed by atoms with Crippen molar-refractivity contribution in [1.29, 1.82) is 0 Å². The van der Waals surface area contributed by atoms with E-state index in [9.17, 15) is 4.21 Å². The maximum atomic E-state index is 11.6. The average Bonchev–Trinajstić information content (AvgIpc) is 2.62. The van der Waals surface area contributed by atoms with Gasteiger partial charge in [-0.15, -0.1) is 0 Å². The monoisotopic (exact) mass is 332 g/mol. The van der Waals surface area contributed by atoms with E-state index in [1.54, 1.807) is 6.20 Å². The fourth-order valence-electron chi connectivity index (χ4n) is 3.02. The molecule has 0 spiro atoms. The van der Waals surface area contributed by atoms with Gasteiger partial charge in [-0.05, 0) is 12.1 Å². The maximum absolute atomic E-state index is 11.6. The van der Waals surface area contributed by atoms with Crippen molar-refractivity contribution in [3.8, 4) is 0 Å². The van der Waals surface area contributed by atoms with Crippen molar-refractivity contribution in [2.75, 3.05) is 60.6 Å². The molecule has 0 aliphatic carbocycles. The van der Waals surface area contributed by atoms with E-state index in [4.69, 9.17) is 9.97 Å². The van der Waals surface area contributed by atoms with Gasteiger partial charge in [-0.2, -0.15) is 4.98 Å². The molecule has 122 valence electrons. The molecule has 0 aromatic carbocycles. The zero-order valence-corrected chi connectivity index (χ0v) is 13.8. The summed E-state index contributed by atoms with van der Waals surface area (Å²) >= 11 is 0. The standard InChI is InChI=1S/C15H20N6OS/c22-23-10-8-21(9-11-23)15-18-12-2-1-3-17-13(12)14(19-15)20-6-4-16-5-7-20/h1-3,16H,4-11H2. The van der Waals surface area contributed by atoms with E-state index >= 15 is 0 Å². The number of nitrogens with zero attached hydrogens (tertiary/aromatic N) is 5. The first-order valence-electron chi connectivity index (χ1n) is 7.99. The predicted octanol–water partition coefficient (Wildman–Crippen LogP) is 0.00310. The number of pyridine rings is 1. The molecule has 0 saturated carbocycles. The van der Waals surface area contributed by atoms with Crippen LogP contribution >= 0.6 is 0 Å². The Balaban J connectivity index is 1.75. The third-order valence-corrected chi connectivity index (χ3v) is 5.58. The van der Waals surface area contributed by atoms with E-state index < -0.39 is 10.8 Å². The van der Waals surface area contributed by atoms with Crippen LogP contribution in [0.25, 0.3) is 11.0 Å². The summed E-state index contributed by atoms with van der Waals surface area (Å²) in [5.74, 6) is 3.03. The van der Waals surface area contributed by atoms with E-state index in [1.165, 1.54) is 0 Å². The van der Waals surface area contributed by atoms with Crippen molar-refractivity contribution in [2.24, 2.45) is 0 Å². The van der Waals surface area contributed by atoms with Crippen molar-refractivity contribution in [1.82, 2.24) is 20.3 Å². The molecule has 8 heteroatoms. The molecule has 0 atom stereocenters. The molecule has 0 unspecified atom stereocenters. The van der Waals surface area contributed by atoms with Gasteiger partial charge >= 0.3 is 0 Å². The number of fused-ring (bicyclic) bond motifs is 1. The van der Waals surface area contributed by atoms with Crippen LogP contribution in [0, 0.1) is 0 Å². The van der Waals surface area contributed by atoms with Crippen LogP contribution in [0.15, 0.2) is 18.3 Å². The summed E-state index contributed by atoms with van der Waals surface area (Å²) in [6.07, 6.45) is 1.79. The lowest BCUT2D eigenvalue weighted by molar-refractivity contribution is 0.585. The highest BCUT2D eigenvalue weighted by molar-refractivity contribution is 7.85. The predicted molar refractivity (Wildman–Crippen MR) is 92.5 cm³/mol. The van der Waals surface area contributed by atoms with E-state index in [2.05, 4.69) is 20.1 Å². The van der Waals surface area contributed by atoms with Crippen molar-refractivity contribution in [2.45, 2.75) is 0 Å². The summed E-state index contributed by atoms with van der Waals surface area (Å²) in [5.41, 5.74) is 1.73. The van der Waals surface area contributed by atoms with Crippen LogP contribution in [0.1, 0.15) is 0 Å². The molecular formula is C15H20N6OS. The minimum atomic E-state index is -0.700. The topological polar surface area (TPSA) is 74.2 Å². The van der Waals surface area contributed by atoms with Crippen LogP contribution < -0.4 is 15.1 Å². The van der Waals surface area contributed by atoms with Crippen molar-refractivity contribution >= 4 is 33.6 Å². The summed E-state index contributed by atoms with van der Waals surface area (Å²) in [5, 5.41) is 3.37. The first-order chi connectivity index (χ1) is 11.3. The van der Waals surface area contributed by atoms with Crippen molar-refractivity contribution in [3.63, 3.8) is 0 Å². The molecule has 2 aliphatic rings. The first-order valence-corrected chi connectivity index (χ1v) is 9.48. The minimum Gasteiger partial charge on any atom is -0.352 e. The number of anilines is 2. The molecule has 0 amide bonds. The fourth-order valence-corrected chi connectivity index (χ4v) is 4.07. The highest BCUT2D eigenvalue weighted by atomic mass is 32.2. The van der Waals surface area contributed by atoms with Crippen LogP contribution in [0.2, 0.25) is 0 Å². The largest absolute Gasteiger partial charge is 0.352 e. The Morgan fingerprint density at radius 1 is 1.04 bits per heavy atom. The Kier molecular flexibility index (Phi) is 4.09. The highest BCUT2D eigenvalue weighted by Gasteiger charge is 2.22. The van der Waals surface area contributed by atoms with Crippen LogP contribution in [-0.4, -0.2) is 69.9 Å². The average molecular weight is 332 g/mol. The van der Waals surface area contributed by atoms with Crippen molar-refractivity contribution < 1.29 is 4.21 Å². The number of hydrogen-bond acceptors (Lipinski definition) is 7. The van der Waals surface area contributed by atoms with Gasteiger partial charge in [-0.1, -0.05) is 0 Å². The van der Waals surface area contributed by atoms with E-state index in [-0.39, 0.29) is 0 Å². The smallest absolute Gasteiger partial charge is 0.228 e. The second-order valence-electron chi connectivity index (χ2n) is 5.79. The lowest BCUT2D eigenvalue weighted by Crippen LogP contribution is -2.44. The Morgan fingerprint density at radius 3 is 2.61 bits per heavy atom. The first kappa shape index (κ1) is 14.8. The van der Waals surface area contributed by atoms with Crippen LogP contribution in [0.3, 0.4) is 0 Å². The molecule has 2 aliphatic heterocycles. The van der Waals surface area contributed by atoms with Gasteiger partial charge in [0.1, 0.15) is 5.52 Å². The quantitative estimate of drug-likeness (QED) is 0.830. The number of aromatic nitrogens is 3. The zero-order chi connectivity index (χ0) is 15.6. The summed E-state index contributed by atoms with van der Waals surface area (Å²) in [4.78, 5) is 18.4. The Morgan fingerprint density at radius 2 is 1.83 bits per heavy atom. The fraction of sp³-hybridized carbons (Fsp3) is 0.533. The van der Waals surface area contributed by atoms with Crippen LogP contribution in [0.4, 0.5) is 11.8 Å². The van der Waals surface area contributed by atoms with E-state index in [0.717, 1.165) is 62.1 Å². The Labute approximate surface area is 137 Å². The van der Waals surface area contributed by atoms with Gasteiger partial charge in [0.25, 0.3) is 0 Å². The van der Waals surface area contributed by atoms with E-state index in [1.807, 2.05) is 12.1 Å². The lowest BCUT2D eigenvalue weighted by atomic mass is 10.3. The molecular weight excluding hydrogens is 312 g/mol. The molecule has 4 rings (SSSR count). The van der Waals surface area contributed by atoms with Gasteiger partial charge in [0.05, 0.1) is 5.52 Å². The molecule has 7 nitrogen and oxygen atoms in total. The molecule has 0 bridgehead atoms. The zero-order valence-electron chi connectivity index (χ0n) is 12.9. The Bertz CT molecular complexity index is 723. The van der Waals surface area contributed by atoms with Crippen LogP contribution in [0.5, 0.6) is 0 Å². The minimum absolute atomic E-state index is 0.692. The molecule has 2 fully saturated rings. The number of rotatable bonds is 2. The summed E-state index contributed by atoms with van der Waals surface area (Å²) in [6.45, 7) is 5.25. The molecule has 0 radical (unpaired) electrons. The van der Waals surface area contributed by atoms with E-state index in [0.29, 0.717) is 11.5 Å². The second-order valence-corrected chi connectivity index (χ2v) is 7.49. The Hall–Kier alpha value is -1.80. The van der Waals surface area contributed by atoms with Gasteiger partial charge in [0.15, 0.2) is 5.82 Å². The van der Waals surface area contributed by atoms with Crippen molar-refractivity contribution in [3.05, 3.63) is 18.3 Å². The van der Waals surface area contributed by atoms with Gasteiger partial charge in [0, 0.05) is 67.8 Å². The lowest BCUT2D eigenvalue weighted by Gasteiger charge is -2.31.